The number of halogens is 4. The van der Waals surface area contributed by atoms with Gasteiger partial charge >= 0.3 is 6.18 Å². The molecule has 0 bridgehead atoms. The minimum atomic E-state index is -4.65. The van der Waals surface area contributed by atoms with Crippen LogP contribution in [0.3, 0.4) is 0 Å². The summed E-state index contributed by atoms with van der Waals surface area (Å²) in [6.07, 6.45) is -4.65. The molecule has 8 heteroatoms. The summed E-state index contributed by atoms with van der Waals surface area (Å²) in [5.41, 5.74) is 0.493. The van der Waals surface area contributed by atoms with Gasteiger partial charge in [-0.25, -0.2) is 0 Å². The number of rotatable bonds is 3. The Bertz CT molecular complexity index is 693. The Balaban J connectivity index is 2.13. The highest BCUT2D eigenvalue weighted by Crippen LogP contribution is 2.35. The van der Waals surface area contributed by atoms with Crippen molar-refractivity contribution in [1.29, 1.82) is 0 Å². The molecule has 0 radical (unpaired) electrons. The fraction of sp³-hybridized carbons (Fsp3) is 0.286. The summed E-state index contributed by atoms with van der Waals surface area (Å²) in [6.45, 7) is 2.93. The van der Waals surface area contributed by atoms with Crippen LogP contribution in [-0.2, 0) is 17.5 Å². The second kappa shape index (κ2) is 6.00. The molecule has 1 aromatic heterocycles. The molecule has 118 valence electrons. The number of alkyl halides is 3. The lowest BCUT2D eigenvalue weighted by Gasteiger charge is -2.07. The monoisotopic (exact) mass is 331 g/mol. The van der Waals surface area contributed by atoms with E-state index >= 15 is 0 Å². The number of hydrogen-bond acceptors (Lipinski definition) is 2. The third-order valence-electron chi connectivity index (χ3n) is 3.03. The molecular weight excluding hydrogens is 319 g/mol. The summed E-state index contributed by atoms with van der Waals surface area (Å²) in [6, 6.07) is 7.04. The smallest absolute Gasteiger partial charge is 0.324 e. The van der Waals surface area contributed by atoms with Crippen molar-refractivity contribution < 1.29 is 18.0 Å². The SMILES string of the molecule is Cc1ccc(NC(=O)Cn2nc(C(F)(F)F)c(Cl)c2C)cc1. The van der Waals surface area contributed by atoms with E-state index in [0.717, 1.165) is 10.2 Å². The van der Waals surface area contributed by atoms with E-state index in [1.54, 1.807) is 12.1 Å². The van der Waals surface area contributed by atoms with Crippen molar-refractivity contribution in [1.82, 2.24) is 9.78 Å². The maximum Gasteiger partial charge on any atom is 0.436 e. The zero-order valence-corrected chi connectivity index (χ0v) is 12.6. The first-order valence-electron chi connectivity index (χ1n) is 6.35. The van der Waals surface area contributed by atoms with Gasteiger partial charge in [-0.3, -0.25) is 9.48 Å². The van der Waals surface area contributed by atoms with Gasteiger partial charge in [-0.05, 0) is 26.0 Å². The highest BCUT2D eigenvalue weighted by molar-refractivity contribution is 6.32. The van der Waals surface area contributed by atoms with Crippen LogP contribution in [0.4, 0.5) is 18.9 Å². The molecule has 1 N–H and O–H groups in total. The van der Waals surface area contributed by atoms with E-state index < -0.39 is 22.8 Å². The molecule has 2 rings (SSSR count). The van der Waals surface area contributed by atoms with Crippen LogP contribution >= 0.6 is 11.6 Å². The summed E-state index contributed by atoms with van der Waals surface area (Å²) >= 11 is 5.62. The van der Waals surface area contributed by atoms with Gasteiger partial charge in [0, 0.05) is 5.69 Å². The lowest BCUT2D eigenvalue weighted by atomic mass is 10.2. The van der Waals surface area contributed by atoms with Crippen LogP contribution in [0, 0.1) is 13.8 Å². The summed E-state index contributed by atoms with van der Waals surface area (Å²) < 4.78 is 39.0. The summed E-state index contributed by atoms with van der Waals surface area (Å²) in [4.78, 5) is 11.9. The molecule has 0 saturated carbocycles. The average Bonchev–Trinajstić information content (AvgIpc) is 2.69. The Hall–Kier alpha value is -2.02. The van der Waals surface area contributed by atoms with Crippen LogP contribution in [0.15, 0.2) is 24.3 Å². The molecule has 0 aliphatic rings. The van der Waals surface area contributed by atoms with Crippen molar-refractivity contribution in [2.45, 2.75) is 26.6 Å². The van der Waals surface area contributed by atoms with Crippen LogP contribution in [-0.4, -0.2) is 15.7 Å². The minimum Gasteiger partial charge on any atom is -0.324 e. The molecule has 0 unspecified atom stereocenters. The van der Waals surface area contributed by atoms with E-state index in [0.29, 0.717) is 5.69 Å². The third-order valence-corrected chi connectivity index (χ3v) is 3.48. The van der Waals surface area contributed by atoms with Gasteiger partial charge in [-0.2, -0.15) is 18.3 Å². The Morgan fingerprint density at radius 2 is 1.86 bits per heavy atom. The van der Waals surface area contributed by atoms with Gasteiger partial charge in [0.25, 0.3) is 0 Å². The fourth-order valence-corrected chi connectivity index (χ4v) is 2.08. The maximum absolute atomic E-state index is 12.7. The first kappa shape index (κ1) is 16.4. The van der Waals surface area contributed by atoms with E-state index in [1.807, 2.05) is 19.1 Å². The normalized spacial score (nSPS) is 11.5. The van der Waals surface area contributed by atoms with Crippen LogP contribution < -0.4 is 5.32 Å². The second-order valence-electron chi connectivity index (χ2n) is 4.82. The van der Waals surface area contributed by atoms with E-state index in [4.69, 9.17) is 11.6 Å². The highest BCUT2D eigenvalue weighted by Gasteiger charge is 2.38. The van der Waals surface area contributed by atoms with Crippen molar-refractivity contribution in [3.63, 3.8) is 0 Å². The number of benzene rings is 1. The maximum atomic E-state index is 12.7. The molecule has 0 atom stereocenters. The largest absolute Gasteiger partial charge is 0.436 e. The van der Waals surface area contributed by atoms with E-state index in [1.165, 1.54) is 6.92 Å². The Morgan fingerprint density at radius 1 is 1.27 bits per heavy atom. The predicted molar refractivity (Wildman–Crippen MR) is 76.8 cm³/mol. The molecule has 2 aromatic rings. The lowest BCUT2D eigenvalue weighted by molar-refractivity contribution is -0.141. The average molecular weight is 332 g/mol. The van der Waals surface area contributed by atoms with E-state index in [-0.39, 0.29) is 12.2 Å². The zero-order valence-electron chi connectivity index (χ0n) is 11.8. The van der Waals surface area contributed by atoms with Gasteiger partial charge < -0.3 is 5.32 Å². The van der Waals surface area contributed by atoms with E-state index in [2.05, 4.69) is 10.4 Å². The zero-order chi connectivity index (χ0) is 16.5. The summed E-state index contributed by atoms with van der Waals surface area (Å²) in [5, 5.41) is 5.47. The van der Waals surface area contributed by atoms with Crippen LogP contribution in [0.5, 0.6) is 0 Å². The molecule has 0 saturated heterocycles. The number of carbonyl (C=O) groups is 1. The molecular formula is C14H13ClF3N3O. The van der Waals surface area contributed by atoms with Crippen molar-refractivity contribution in [3.05, 3.63) is 46.2 Å². The number of nitrogens with zero attached hydrogens (tertiary/aromatic N) is 2. The topological polar surface area (TPSA) is 46.9 Å². The molecule has 1 amide bonds. The molecule has 22 heavy (non-hydrogen) atoms. The van der Waals surface area contributed by atoms with Crippen molar-refractivity contribution >= 4 is 23.2 Å². The third kappa shape index (κ3) is 3.59. The Kier molecular flexibility index (Phi) is 4.46. The first-order valence-corrected chi connectivity index (χ1v) is 6.73. The van der Waals surface area contributed by atoms with Crippen LogP contribution in [0.2, 0.25) is 5.02 Å². The number of carbonyl (C=O) groups excluding carboxylic acids is 1. The van der Waals surface area contributed by atoms with Gasteiger partial charge in [-0.1, -0.05) is 29.3 Å². The number of aromatic nitrogens is 2. The molecule has 1 aromatic carbocycles. The highest BCUT2D eigenvalue weighted by atomic mass is 35.5. The van der Waals surface area contributed by atoms with Gasteiger partial charge in [0.2, 0.25) is 5.91 Å². The fourth-order valence-electron chi connectivity index (χ4n) is 1.83. The predicted octanol–water partition coefficient (Wildman–Crippen LogP) is 3.81. The number of hydrogen-bond donors (Lipinski definition) is 1. The number of amides is 1. The summed E-state index contributed by atoms with van der Waals surface area (Å²) in [5.74, 6) is -0.486. The van der Waals surface area contributed by atoms with Gasteiger partial charge in [-0.15, -0.1) is 0 Å². The summed E-state index contributed by atoms with van der Waals surface area (Å²) in [7, 11) is 0. The first-order chi connectivity index (χ1) is 10.2. The number of nitrogens with one attached hydrogen (secondary N) is 1. The standard InChI is InChI=1S/C14H13ClF3N3O/c1-8-3-5-10(6-4-8)19-11(22)7-21-9(2)12(15)13(20-21)14(16,17)18/h3-6H,7H2,1-2H3,(H,19,22). The number of aryl methyl sites for hydroxylation is 1. The molecule has 0 fully saturated rings. The van der Waals surface area contributed by atoms with E-state index in [9.17, 15) is 18.0 Å². The minimum absolute atomic E-state index is 0.0908. The Morgan fingerprint density at radius 3 is 2.36 bits per heavy atom. The van der Waals surface area contributed by atoms with Crippen LogP contribution in [0.1, 0.15) is 17.0 Å². The van der Waals surface area contributed by atoms with Crippen molar-refractivity contribution in [3.8, 4) is 0 Å². The molecule has 0 aliphatic carbocycles. The van der Waals surface area contributed by atoms with Gasteiger partial charge in [0.1, 0.15) is 6.54 Å². The Labute approximate surface area is 129 Å². The van der Waals surface area contributed by atoms with Gasteiger partial charge in [0.15, 0.2) is 5.69 Å². The quantitative estimate of drug-likeness (QED) is 0.929. The number of anilines is 1. The van der Waals surface area contributed by atoms with Crippen molar-refractivity contribution in [2.24, 2.45) is 0 Å². The lowest BCUT2D eigenvalue weighted by Crippen LogP contribution is -2.20. The van der Waals surface area contributed by atoms with Gasteiger partial charge in [0.05, 0.1) is 10.7 Å². The molecule has 1 heterocycles. The molecule has 0 spiro atoms. The van der Waals surface area contributed by atoms with Crippen molar-refractivity contribution in [2.75, 3.05) is 5.32 Å². The molecule has 4 nitrogen and oxygen atoms in total. The molecule has 0 aliphatic heterocycles. The second-order valence-corrected chi connectivity index (χ2v) is 5.20. The van der Waals surface area contributed by atoms with Crippen LogP contribution in [0.25, 0.3) is 0 Å².